The third-order valence-electron chi connectivity index (χ3n) is 11.5. The minimum Gasteiger partial charge on any atom is -0.394 e. The maximum absolute atomic E-state index is 12.4. The molecule has 0 saturated carbocycles. The van der Waals surface area contributed by atoms with E-state index in [-0.39, 0.29) is 0 Å². The van der Waals surface area contributed by atoms with Crippen molar-refractivity contribution in [2.45, 2.75) is 174 Å². The van der Waals surface area contributed by atoms with Gasteiger partial charge in [-0.05, 0) is 0 Å². The summed E-state index contributed by atoms with van der Waals surface area (Å²) < 4.78 is 51.7. The van der Waals surface area contributed by atoms with E-state index in [1.165, 1.54) is 0 Å². The van der Waals surface area contributed by atoms with Crippen molar-refractivity contribution >= 4 is 17.7 Å². The lowest BCUT2D eigenvalue weighted by molar-refractivity contribution is -0.391. The molecule has 0 radical (unpaired) electrons. The highest BCUT2D eigenvalue weighted by atomic mass is 16.8. The number of hydrogen-bond acceptors (Lipinski definition) is 26. The summed E-state index contributed by atoms with van der Waals surface area (Å²) in [5, 5.41) is 157. The average molecular weight is 952 g/mol. The summed E-state index contributed by atoms with van der Waals surface area (Å²) in [6.07, 6.45) is -40.6. The largest absolute Gasteiger partial charge is 0.394 e. The van der Waals surface area contributed by atoms with E-state index in [1.807, 2.05) is 0 Å². The normalized spacial score (nSPS) is 47.1. The molecule has 5 rings (SSSR count). The summed E-state index contributed by atoms with van der Waals surface area (Å²) in [6, 6.07) is -4.77. The Balaban J connectivity index is 1.40. The predicted molar refractivity (Wildman–Crippen MR) is 201 cm³/mol. The predicted octanol–water partition coefficient (Wildman–Crippen LogP) is -11.5. The van der Waals surface area contributed by atoms with Crippen molar-refractivity contribution in [3.8, 4) is 0 Å². The van der Waals surface area contributed by atoms with Crippen LogP contribution < -0.4 is 16.0 Å². The summed E-state index contributed by atoms with van der Waals surface area (Å²) in [6.45, 7) is -1.50. The number of aliphatic hydroxyl groups is 14. The van der Waals surface area contributed by atoms with Crippen LogP contribution in [-0.2, 0) is 57.0 Å². The second kappa shape index (κ2) is 23.2. The van der Waals surface area contributed by atoms with E-state index in [1.54, 1.807) is 0 Å². The van der Waals surface area contributed by atoms with Crippen LogP contribution in [0.5, 0.6) is 0 Å². The van der Waals surface area contributed by atoms with Gasteiger partial charge in [0, 0.05) is 20.8 Å². The van der Waals surface area contributed by atoms with Gasteiger partial charge in [0.15, 0.2) is 31.5 Å². The number of carbonyl (C=O) groups is 3. The van der Waals surface area contributed by atoms with Gasteiger partial charge < -0.3 is 130 Å². The number of carbonyl (C=O) groups excluding carboxylic acids is 3. The van der Waals surface area contributed by atoms with Crippen LogP contribution in [0.3, 0.4) is 0 Å². The molecule has 0 spiro atoms. The Bertz CT molecular complexity index is 1560. The van der Waals surface area contributed by atoms with Crippen molar-refractivity contribution in [3.63, 3.8) is 0 Å². The molecule has 29 nitrogen and oxygen atoms in total. The monoisotopic (exact) mass is 951 g/mol. The van der Waals surface area contributed by atoms with E-state index in [2.05, 4.69) is 16.0 Å². The van der Waals surface area contributed by atoms with Gasteiger partial charge in [0.1, 0.15) is 122 Å². The third-order valence-corrected chi connectivity index (χ3v) is 11.5. The van der Waals surface area contributed by atoms with Crippen LogP contribution in [0, 0.1) is 0 Å². The fourth-order valence-corrected chi connectivity index (χ4v) is 8.22. The van der Waals surface area contributed by atoms with Crippen molar-refractivity contribution < 1.29 is 129 Å². The number of aliphatic hydroxyl groups excluding tert-OH is 14. The molecule has 5 aliphatic rings. The summed E-state index contributed by atoms with van der Waals surface area (Å²) in [5.74, 6) is -2.23. The van der Waals surface area contributed by atoms with Crippen LogP contribution in [-0.4, -0.2) is 276 Å². The minimum absolute atomic E-state index is 0.690. The molecule has 5 heterocycles. The zero-order valence-electron chi connectivity index (χ0n) is 35.1. The minimum atomic E-state index is -2.20. The third kappa shape index (κ3) is 11.9. The van der Waals surface area contributed by atoms with Crippen molar-refractivity contribution in [1.82, 2.24) is 16.0 Å². The Labute approximate surface area is 369 Å². The van der Waals surface area contributed by atoms with Gasteiger partial charge in [0.25, 0.3) is 0 Å². The van der Waals surface area contributed by atoms with Crippen molar-refractivity contribution in [2.75, 3.05) is 33.0 Å². The standard InChI is InChI=1S/C36H61N3O26/c1-9(45)37-17-24(52)28(15(7-43)57-32(17)56)62-34-19(39-11(3)47)25(53)29(16(8-44)61-34)63-35-27(55)30(22(50)14(6-42)59-35)64-36-31(26(54)21(49)13(5-41)60-36)65-33-18(38-10(2)46)23(51)20(48)12(4-40)58-33/h12-36,40-44,48-56H,4-8H2,1-3H3,(H,37,45)(H,38,46)(H,39,47)/t12-,13-,14-,15-,16-,17-,18-,19-,20-,21-,22-,23-,24-,25-,26+,27+,28-,29-,30+,31+,32-,33+,34+,35+,36-/m1/s1. The Morgan fingerprint density at radius 3 is 1.23 bits per heavy atom. The number of hydrogen-bond donors (Lipinski definition) is 17. The Kier molecular flexibility index (Phi) is 19.1. The van der Waals surface area contributed by atoms with Gasteiger partial charge in [-0.1, -0.05) is 0 Å². The molecule has 17 N–H and O–H groups in total. The first-order valence-corrected chi connectivity index (χ1v) is 20.6. The molecular formula is C36H61N3O26. The maximum atomic E-state index is 12.4. The zero-order valence-corrected chi connectivity index (χ0v) is 35.1. The number of nitrogens with one attached hydrogen (secondary N) is 3. The Hall–Kier alpha value is -2.51. The first-order chi connectivity index (χ1) is 30.7. The highest BCUT2D eigenvalue weighted by Gasteiger charge is 2.57. The summed E-state index contributed by atoms with van der Waals surface area (Å²) in [7, 11) is 0. The molecule has 5 fully saturated rings. The first kappa shape index (κ1) is 53.4. The number of rotatable bonds is 16. The second-order valence-corrected chi connectivity index (χ2v) is 16.2. The number of ether oxygens (including phenoxy) is 9. The molecular weight excluding hydrogens is 890 g/mol. The van der Waals surface area contributed by atoms with E-state index in [9.17, 15) is 85.9 Å². The smallest absolute Gasteiger partial charge is 0.217 e. The maximum Gasteiger partial charge on any atom is 0.217 e. The lowest BCUT2D eigenvalue weighted by atomic mass is 9.94. The second-order valence-electron chi connectivity index (χ2n) is 16.2. The SMILES string of the molecule is CC(=O)N[C@@H]1[C@@H](O)[C@H](O[C@@H]2O[C@H](CO)[C@@H](O[C@@H]3O[C@H](CO)[C@@H](O)[C@H](O[C@H]4O[C@H](CO)[C@@H](O)[C@H](O)[C@@H]4O[C@@H]4O[C@H](CO)[C@@H](O)[C@H](O)[C@H]4NC(C)=O)[C@@H]3O)[C@H](O)[C@H]2NC(C)=O)[C@@H](CO)O[C@H]1O. The van der Waals surface area contributed by atoms with Crippen LogP contribution in [0.1, 0.15) is 20.8 Å². The topological polar surface area (TPSA) is 454 Å². The Morgan fingerprint density at radius 2 is 0.723 bits per heavy atom. The average Bonchev–Trinajstić information content (AvgIpc) is 3.26. The molecule has 29 heteroatoms. The fraction of sp³-hybridized carbons (Fsp3) is 0.917. The molecule has 0 aliphatic carbocycles. The summed E-state index contributed by atoms with van der Waals surface area (Å²) in [5.41, 5.74) is 0. The van der Waals surface area contributed by atoms with Gasteiger partial charge in [-0.3, -0.25) is 14.4 Å². The van der Waals surface area contributed by atoms with Crippen LogP contribution in [0.4, 0.5) is 0 Å². The molecule has 25 atom stereocenters. The van der Waals surface area contributed by atoms with Crippen LogP contribution in [0.25, 0.3) is 0 Å². The van der Waals surface area contributed by atoms with E-state index >= 15 is 0 Å². The van der Waals surface area contributed by atoms with Crippen LogP contribution in [0.15, 0.2) is 0 Å². The highest BCUT2D eigenvalue weighted by molar-refractivity contribution is 5.74. The zero-order chi connectivity index (χ0) is 48.2. The molecule has 0 bridgehead atoms. The molecule has 65 heavy (non-hydrogen) atoms. The molecule has 376 valence electrons. The van der Waals surface area contributed by atoms with Gasteiger partial charge in [-0.2, -0.15) is 0 Å². The molecule has 0 unspecified atom stereocenters. The quantitative estimate of drug-likeness (QED) is 0.0683. The summed E-state index contributed by atoms with van der Waals surface area (Å²) >= 11 is 0. The van der Waals surface area contributed by atoms with Gasteiger partial charge in [-0.15, -0.1) is 0 Å². The van der Waals surface area contributed by atoms with Gasteiger partial charge in [-0.25, -0.2) is 0 Å². The van der Waals surface area contributed by atoms with E-state index in [4.69, 9.17) is 42.6 Å². The van der Waals surface area contributed by atoms with Crippen molar-refractivity contribution in [3.05, 3.63) is 0 Å². The molecule has 5 aliphatic heterocycles. The highest BCUT2D eigenvalue weighted by Crippen LogP contribution is 2.36. The van der Waals surface area contributed by atoms with Gasteiger partial charge in [0.2, 0.25) is 17.7 Å². The van der Waals surface area contributed by atoms with Crippen molar-refractivity contribution in [1.29, 1.82) is 0 Å². The van der Waals surface area contributed by atoms with Crippen molar-refractivity contribution in [2.24, 2.45) is 0 Å². The molecule has 0 aromatic heterocycles. The van der Waals surface area contributed by atoms with Crippen LogP contribution >= 0.6 is 0 Å². The van der Waals surface area contributed by atoms with Gasteiger partial charge >= 0.3 is 0 Å². The van der Waals surface area contributed by atoms with E-state index in [0.717, 1.165) is 20.8 Å². The molecule has 0 aromatic carbocycles. The fourth-order valence-electron chi connectivity index (χ4n) is 8.22. The van der Waals surface area contributed by atoms with Crippen LogP contribution in [0.2, 0.25) is 0 Å². The number of amides is 3. The van der Waals surface area contributed by atoms with E-state index < -0.39 is 204 Å². The first-order valence-electron chi connectivity index (χ1n) is 20.6. The molecule has 3 amide bonds. The summed E-state index contributed by atoms with van der Waals surface area (Å²) in [4.78, 5) is 36.3. The van der Waals surface area contributed by atoms with Gasteiger partial charge in [0.05, 0.1) is 33.0 Å². The lowest BCUT2D eigenvalue weighted by Gasteiger charge is -2.50. The lowest BCUT2D eigenvalue weighted by Crippen LogP contribution is -2.70. The Morgan fingerprint density at radius 1 is 0.369 bits per heavy atom. The molecule has 0 aromatic rings. The molecule has 5 saturated heterocycles. The van der Waals surface area contributed by atoms with E-state index in [0.29, 0.717) is 0 Å².